The Morgan fingerprint density at radius 3 is 2.36 bits per heavy atom. The van der Waals surface area contributed by atoms with Crippen LogP contribution in [0.4, 0.5) is 16.2 Å². The Balaban J connectivity index is 1.93. The van der Waals surface area contributed by atoms with Gasteiger partial charge in [-0.15, -0.1) is 0 Å². The largest absolute Gasteiger partial charge is 0.461 e. The highest BCUT2D eigenvalue weighted by Crippen LogP contribution is 2.16. The molecule has 0 aliphatic heterocycles. The number of hydrogen-bond acceptors (Lipinski definition) is 6. The van der Waals surface area contributed by atoms with Crippen molar-refractivity contribution in [3.63, 3.8) is 0 Å². The second kappa shape index (κ2) is 8.68. The maximum atomic E-state index is 11.9. The standard InChI is InChI=1S/C18H21N3O4/c1-12(2)17(22)24-10-13-5-3-4-6-14(13)11-25-18(23)21-16-7-8-20-9-15(16)19/h3-9,12H,10-11,19H2,1-2H3,(H,20,21,23). The summed E-state index contributed by atoms with van der Waals surface area (Å²) >= 11 is 0. The van der Waals surface area contributed by atoms with Crippen LogP contribution in [0.15, 0.2) is 42.7 Å². The van der Waals surface area contributed by atoms with Crippen LogP contribution in [0.2, 0.25) is 0 Å². The molecule has 2 rings (SSSR count). The van der Waals surface area contributed by atoms with Crippen LogP contribution in [0.25, 0.3) is 0 Å². The quantitative estimate of drug-likeness (QED) is 0.781. The van der Waals surface area contributed by atoms with E-state index in [-0.39, 0.29) is 25.1 Å². The molecule has 3 N–H and O–H groups in total. The van der Waals surface area contributed by atoms with Gasteiger partial charge in [0.25, 0.3) is 0 Å². The molecule has 0 aliphatic carbocycles. The Bertz CT molecular complexity index is 747. The summed E-state index contributed by atoms with van der Waals surface area (Å²) in [5.74, 6) is -0.471. The number of carbonyl (C=O) groups is 2. The SMILES string of the molecule is CC(C)C(=O)OCc1ccccc1COC(=O)Nc1ccncc1N. The van der Waals surface area contributed by atoms with Crippen molar-refractivity contribution in [1.29, 1.82) is 0 Å². The lowest BCUT2D eigenvalue weighted by Gasteiger charge is -2.12. The maximum Gasteiger partial charge on any atom is 0.412 e. The van der Waals surface area contributed by atoms with E-state index >= 15 is 0 Å². The molecule has 0 radical (unpaired) electrons. The van der Waals surface area contributed by atoms with Gasteiger partial charge in [0.15, 0.2) is 0 Å². The first kappa shape index (κ1) is 18.3. The Kier molecular flexibility index (Phi) is 6.33. The number of rotatable bonds is 6. The van der Waals surface area contributed by atoms with Crippen molar-refractivity contribution in [1.82, 2.24) is 4.98 Å². The first-order valence-electron chi connectivity index (χ1n) is 7.84. The first-order valence-corrected chi connectivity index (χ1v) is 7.84. The average molecular weight is 343 g/mol. The zero-order valence-corrected chi connectivity index (χ0v) is 14.2. The molecule has 0 unspecified atom stereocenters. The Hall–Kier alpha value is -3.09. The molecule has 132 valence electrons. The van der Waals surface area contributed by atoms with Crippen molar-refractivity contribution in [3.05, 3.63) is 53.9 Å². The van der Waals surface area contributed by atoms with Crippen molar-refractivity contribution in [3.8, 4) is 0 Å². The van der Waals surface area contributed by atoms with Gasteiger partial charge in [-0.1, -0.05) is 38.1 Å². The predicted octanol–water partition coefficient (Wildman–Crippen LogP) is 3.11. The van der Waals surface area contributed by atoms with Crippen LogP contribution in [0.5, 0.6) is 0 Å². The topological polar surface area (TPSA) is 104 Å². The minimum Gasteiger partial charge on any atom is -0.461 e. The normalized spacial score (nSPS) is 10.4. The summed E-state index contributed by atoms with van der Waals surface area (Å²) in [5.41, 5.74) is 8.03. The molecule has 2 aromatic rings. The molecule has 7 heteroatoms. The predicted molar refractivity (Wildman–Crippen MR) is 93.5 cm³/mol. The summed E-state index contributed by atoms with van der Waals surface area (Å²) in [6, 6.07) is 8.87. The minimum atomic E-state index is -0.633. The monoisotopic (exact) mass is 343 g/mol. The van der Waals surface area contributed by atoms with Crippen LogP contribution in [-0.4, -0.2) is 17.0 Å². The molecule has 0 saturated carbocycles. The van der Waals surface area contributed by atoms with Crippen LogP contribution < -0.4 is 11.1 Å². The van der Waals surface area contributed by atoms with Gasteiger partial charge >= 0.3 is 12.1 Å². The average Bonchev–Trinajstić information content (AvgIpc) is 2.60. The van der Waals surface area contributed by atoms with E-state index in [1.54, 1.807) is 19.9 Å². The molecule has 1 aromatic heterocycles. The van der Waals surface area contributed by atoms with E-state index in [1.165, 1.54) is 12.4 Å². The highest BCUT2D eigenvalue weighted by atomic mass is 16.5. The molecular formula is C18H21N3O4. The molecule has 0 spiro atoms. The third-order valence-electron chi connectivity index (χ3n) is 3.41. The molecule has 0 aliphatic rings. The number of carbonyl (C=O) groups excluding carboxylic acids is 2. The number of nitrogens with zero attached hydrogens (tertiary/aromatic N) is 1. The highest BCUT2D eigenvalue weighted by Gasteiger charge is 2.12. The van der Waals surface area contributed by atoms with E-state index in [1.807, 2.05) is 24.3 Å². The summed E-state index contributed by atoms with van der Waals surface area (Å²) in [6.07, 6.45) is 2.32. The molecule has 7 nitrogen and oxygen atoms in total. The maximum absolute atomic E-state index is 11.9. The van der Waals surface area contributed by atoms with Gasteiger partial charge in [-0.25, -0.2) is 4.79 Å². The molecule has 0 saturated heterocycles. The number of esters is 1. The van der Waals surface area contributed by atoms with Crippen molar-refractivity contribution in [2.45, 2.75) is 27.1 Å². The van der Waals surface area contributed by atoms with Crippen LogP contribution in [0.3, 0.4) is 0 Å². The van der Waals surface area contributed by atoms with E-state index in [9.17, 15) is 9.59 Å². The van der Waals surface area contributed by atoms with Gasteiger partial charge in [-0.2, -0.15) is 0 Å². The number of pyridine rings is 1. The lowest BCUT2D eigenvalue weighted by Crippen LogP contribution is -2.16. The molecule has 0 fully saturated rings. The fraction of sp³-hybridized carbons (Fsp3) is 0.278. The fourth-order valence-corrected chi connectivity index (χ4v) is 1.96. The summed E-state index contributed by atoms with van der Waals surface area (Å²) in [5, 5.41) is 2.55. The van der Waals surface area contributed by atoms with Crippen molar-refractivity contribution >= 4 is 23.4 Å². The first-order chi connectivity index (χ1) is 12.0. The molecule has 1 aromatic carbocycles. The van der Waals surface area contributed by atoms with Crippen LogP contribution >= 0.6 is 0 Å². The molecule has 0 atom stereocenters. The van der Waals surface area contributed by atoms with Gasteiger partial charge in [0.05, 0.1) is 23.5 Å². The van der Waals surface area contributed by atoms with Gasteiger partial charge in [-0.05, 0) is 17.2 Å². The zero-order chi connectivity index (χ0) is 18.2. The number of anilines is 2. The van der Waals surface area contributed by atoms with Crippen LogP contribution in [0.1, 0.15) is 25.0 Å². The van der Waals surface area contributed by atoms with Crippen molar-refractivity contribution < 1.29 is 19.1 Å². The number of hydrogen-bond donors (Lipinski definition) is 2. The van der Waals surface area contributed by atoms with Gasteiger partial charge in [0, 0.05) is 6.20 Å². The van der Waals surface area contributed by atoms with Crippen molar-refractivity contribution in [2.75, 3.05) is 11.1 Å². The minimum absolute atomic E-state index is 0.0478. The summed E-state index contributed by atoms with van der Waals surface area (Å²) in [4.78, 5) is 27.3. The Morgan fingerprint density at radius 2 is 1.76 bits per heavy atom. The van der Waals surface area contributed by atoms with E-state index in [0.29, 0.717) is 11.4 Å². The fourth-order valence-electron chi connectivity index (χ4n) is 1.96. The van der Waals surface area contributed by atoms with Gasteiger partial charge < -0.3 is 15.2 Å². The van der Waals surface area contributed by atoms with E-state index < -0.39 is 6.09 Å². The zero-order valence-electron chi connectivity index (χ0n) is 14.2. The molecule has 25 heavy (non-hydrogen) atoms. The van der Waals surface area contributed by atoms with Crippen LogP contribution in [0, 0.1) is 5.92 Å². The Labute approximate surface area is 146 Å². The molecular weight excluding hydrogens is 322 g/mol. The summed E-state index contributed by atoms with van der Waals surface area (Å²) in [6.45, 7) is 3.72. The highest BCUT2D eigenvalue weighted by molar-refractivity contribution is 5.88. The second-order valence-electron chi connectivity index (χ2n) is 5.70. The summed E-state index contributed by atoms with van der Waals surface area (Å²) in [7, 11) is 0. The smallest absolute Gasteiger partial charge is 0.412 e. The Morgan fingerprint density at radius 1 is 1.12 bits per heavy atom. The third-order valence-corrected chi connectivity index (χ3v) is 3.41. The number of aromatic nitrogens is 1. The third kappa shape index (κ3) is 5.49. The molecule has 0 bridgehead atoms. The molecule has 1 amide bonds. The van der Waals surface area contributed by atoms with Gasteiger partial charge in [0.2, 0.25) is 0 Å². The number of nitrogens with one attached hydrogen (secondary N) is 1. The number of nitrogen functional groups attached to an aromatic ring is 1. The van der Waals surface area contributed by atoms with Crippen LogP contribution in [-0.2, 0) is 27.5 Å². The lowest BCUT2D eigenvalue weighted by atomic mass is 10.1. The van der Waals surface area contributed by atoms with E-state index in [2.05, 4.69) is 10.3 Å². The number of ether oxygens (including phenoxy) is 2. The number of amides is 1. The van der Waals surface area contributed by atoms with Gasteiger partial charge in [-0.3, -0.25) is 15.1 Å². The molecule has 1 heterocycles. The van der Waals surface area contributed by atoms with Crippen molar-refractivity contribution in [2.24, 2.45) is 5.92 Å². The number of nitrogens with two attached hydrogens (primary N) is 1. The van der Waals surface area contributed by atoms with Gasteiger partial charge in [0.1, 0.15) is 13.2 Å². The van der Waals surface area contributed by atoms with E-state index in [4.69, 9.17) is 15.2 Å². The summed E-state index contributed by atoms with van der Waals surface area (Å²) < 4.78 is 10.4. The second-order valence-corrected chi connectivity index (χ2v) is 5.70. The van der Waals surface area contributed by atoms with E-state index in [0.717, 1.165) is 11.1 Å². The number of benzene rings is 1. The lowest BCUT2D eigenvalue weighted by molar-refractivity contribution is -0.148.